The van der Waals surface area contributed by atoms with Crippen molar-refractivity contribution in [3.05, 3.63) is 264 Å². The number of hydrogen-bond acceptors (Lipinski definition) is 0. The molecule has 5 aromatic carbocycles. The van der Waals surface area contributed by atoms with E-state index in [1.54, 1.807) is 5.56 Å². The molecule has 96 heavy (non-hydrogen) atoms. The molecule has 0 unspecified atom stereocenters. The zero-order valence-electron chi connectivity index (χ0n) is 64.4. The zero-order chi connectivity index (χ0) is 70.6. The van der Waals surface area contributed by atoms with Gasteiger partial charge in [0.15, 0.2) is 31.0 Å². The number of rotatable bonds is 10. The van der Waals surface area contributed by atoms with E-state index in [1.165, 1.54) is 194 Å². The highest BCUT2D eigenvalue weighted by Gasteiger charge is 2.24. The van der Waals surface area contributed by atoms with Crippen LogP contribution < -0.4 is 22.8 Å². The first-order chi connectivity index (χ1) is 45.4. The summed E-state index contributed by atoms with van der Waals surface area (Å²) in [4.78, 5) is 0. The van der Waals surface area contributed by atoms with E-state index in [2.05, 4.69) is 356 Å². The molecule has 1 aliphatic carbocycles. The minimum absolute atomic E-state index is 0.583. The summed E-state index contributed by atoms with van der Waals surface area (Å²) in [6.07, 6.45) is 20.0. The maximum absolute atomic E-state index is 2.44. The van der Waals surface area contributed by atoms with Gasteiger partial charge in [0, 0.05) is 85.5 Å². The van der Waals surface area contributed by atoms with E-state index in [9.17, 15) is 0 Å². The van der Waals surface area contributed by atoms with Crippen LogP contribution in [0.1, 0.15) is 190 Å². The molecule has 1 saturated carbocycles. The van der Waals surface area contributed by atoms with E-state index in [0.29, 0.717) is 11.8 Å². The number of pyridine rings is 5. The molecule has 504 valence electrons. The Hall–Kier alpha value is -8.15. The van der Waals surface area contributed by atoms with Crippen LogP contribution in [0, 0.1) is 117 Å². The molecule has 0 N–H and O–H groups in total. The van der Waals surface area contributed by atoms with Crippen LogP contribution in [0.3, 0.4) is 0 Å². The topological polar surface area (TPSA) is 19.4 Å². The molecule has 1 aliphatic rings. The Morgan fingerprint density at radius 1 is 0.333 bits per heavy atom. The first-order valence-electron chi connectivity index (χ1n) is 35.7. The van der Waals surface area contributed by atoms with Gasteiger partial charge in [0.25, 0.3) is 0 Å². The number of hydrogen-bond donors (Lipinski definition) is 0. The van der Waals surface area contributed by atoms with E-state index < -0.39 is 0 Å². The van der Waals surface area contributed by atoms with Crippen molar-refractivity contribution in [2.24, 2.45) is 41.2 Å². The van der Waals surface area contributed by atoms with E-state index >= 15 is 0 Å². The fraction of sp³-hybridized carbons (Fsp3) is 0.396. The lowest BCUT2D eigenvalue weighted by Gasteiger charge is -2.22. The third-order valence-corrected chi connectivity index (χ3v) is 20.5. The average Bonchev–Trinajstić information content (AvgIpc) is 0.843. The minimum atomic E-state index is 0.583. The van der Waals surface area contributed by atoms with Gasteiger partial charge in [-0.1, -0.05) is 120 Å². The van der Waals surface area contributed by atoms with Crippen LogP contribution in [0.2, 0.25) is 0 Å². The van der Waals surface area contributed by atoms with Crippen LogP contribution in [0.25, 0.3) is 56.3 Å². The van der Waals surface area contributed by atoms with Crippen molar-refractivity contribution in [2.45, 2.75) is 202 Å². The molecule has 0 aliphatic heterocycles. The summed E-state index contributed by atoms with van der Waals surface area (Å²) < 4.78 is 11.1. The van der Waals surface area contributed by atoms with Crippen LogP contribution in [0.4, 0.5) is 0 Å². The standard InChI is InChI=1S/C21H28N.C19H26N.C18H24N.C17H22N.C16H20N/c1-15-12-17(3)21(22(4)14-15)20-11-10-19(13-16(20)2)18-8-6-5-7-9-18;1-13(2)11-17-7-8-18(15(4)12-17)19-16(5)14(3)9-10-20(19)6;1-12(2)16-7-8-17(14(4)11-16)18-15(5)13(3)9-10-19(18)6;1-6-15-7-8-16(13(3)11-15)17-14(4)12(2)9-10-18(17)5;1-11-6-7-15(13(3)10-11)16-14(4)12(2)8-9-17(16)5/h10-14,18H,5-9H2,1-4H3;7-10,12-13H,11H2,1-6H3;7-12H,1-6H3;7-11H,6H2,1-5H3;6-10H,1-5H3/q5*+1. The van der Waals surface area contributed by atoms with Gasteiger partial charge in [0.05, 0.1) is 0 Å². The first-order valence-corrected chi connectivity index (χ1v) is 35.7. The predicted molar refractivity (Wildman–Crippen MR) is 409 cm³/mol. The van der Waals surface area contributed by atoms with Crippen molar-refractivity contribution >= 4 is 0 Å². The predicted octanol–water partition coefficient (Wildman–Crippen LogP) is 20.8. The molecule has 0 saturated heterocycles. The molecular weight excluding hydrogens is 1160 g/mol. The Bertz CT molecular complexity index is 4330. The summed E-state index contributed by atoms with van der Waals surface area (Å²) in [7, 11) is 10.6. The van der Waals surface area contributed by atoms with Gasteiger partial charge >= 0.3 is 0 Å². The second-order valence-electron chi connectivity index (χ2n) is 29.2. The molecule has 10 aromatic rings. The first kappa shape index (κ1) is 75.2. The van der Waals surface area contributed by atoms with Crippen LogP contribution >= 0.6 is 0 Å². The second kappa shape index (κ2) is 33.7. The number of nitrogens with zero attached hydrogens (tertiary/aromatic N) is 5. The van der Waals surface area contributed by atoms with Crippen molar-refractivity contribution in [2.75, 3.05) is 0 Å². The summed E-state index contributed by atoms with van der Waals surface area (Å²) in [5.41, 5.74) is 40.9. The average molecular weight is 1280 g/mol. The highest BCUT2D eigenvalue weighted by atomic mass is 14.9. The second-order valence-corrected chi connectivity index (χ2v) is 29.2. The van der Waals surface area contributed by atoms with Gasteiger partial charge < -0.3 is 0 Å². The molecule has 5 aromatic heterocycles. The Morgan fingerprint density at radius 3 is 1.08 bits per heavy atom. The lowest BCUT2D eigenvalue weighted by Crippen LogP contribution is -2.32. The van der Waals surface area contributed by atoms with Gasteiger partial charge in [-0.25, -0.2) is 22.8 Å². The number of aryl methyl sites for hydroxylation is 18. The summed E-state index contributed by atoms with van der Waals surface area (Å²) in [6.45, 7) is 46.4. The summed E-state index contributed by atoms with van der Waals surface area (Å²) >= 11 is 0. The molecule has 5 heterocycles. The molecule has 5 nitrogen and oxygen atoms in total. The fourth-order valence-corrected chi connectivity index (χ4v) is 14.4. The van der Waals surface area contributed by atoms with Crippen molar-refractivity contribution < 1.29 is 22.8 Å². The minimum Gasteiger partial charge on any atom is -0.201 e. The lowest BCUT2D eigenvalue weighted by molar-refractivity contribution is -0.661. The fourth-order valence-electron chi connectivity index (χ4n) is 14.4. The normalized spacial score (nSPS) is 12.1. The Kier molecular flexibility index (Phi) is 26.4. The van der Waals surface area contributed by atoms with E-state index in [-0.39, 0.29) is 0 Å². The maximum Gasteiger partial charge on any atom is 0.215 e. The van der Waals surface area contributed by atoms with Crippen molar-refractivity contribution in [1.82, 2.24) is 0 Å². The smallest absolute Gasteiger partial charge is 0.201 e. The summed E-state index contributed by atoms with van der Waals surface area (Å²) in [5.74, 6) is 2.08. The number of benzene rings is 5. The van der Waals surface area contributed by atoms with Gasteiger partial charge in [0.2, 0.25) is 28.5 Å². The van der Waals surface area contributed by atoms with E-state index in [1.807, 2.05) is 0 Å². The maximum atomic E-state index is 2.44. The SMILES string of the molecule is CCc1ccc(-c2c(C)c(C)cc[n+]2C)c(C)c1.Cc1cc(C(C)C)ccc1-c1c(C)c(C)cc[n+]1C.Cc1cc(C)c(-c2ccc(C3CCCCC3)cc2C)[n+](C)c1.Cc1cc(CC(C)C)ccc1-c1c(C)c(C)cc[n+]1C.Cc1ccc(-c2c(C)c(C)cc[n+]2C)c(C)c1. The highest BCUT2D eigenvalue weighted by molar-refractivity contribution is 5.69. The molecule has 0 amide bonds. The Morgan fingerprint density at radius 2 is 0.698 bits per heavy atom. The summed E-state index contributed by atoms with van der Waals surface area (Å²) in [5, 5.41) is 0. The van der Waals surface area contributed by atoms with E-state index in [0.717, 1.165) is 18.8 Å². The summed E-state index contributed by atoms with van der Waals surface area (Å²) in [6, 6.07) is 45.4. The highest BCUT2D eigenvalue weighted by Crippen LogP contribution is 2.36. The molecule has 5 heteroatoms. The molecule has 1 fully saturated rings. The van der Waals surface area contributed by atoms with E-state index in [4.69, 9.17) is 0 Å². The van der Waals surface area contributed by atoms with Crippen LogP contribution in [-0.4, -0.2) is 0 Å². The Labute approximate surface area is 582 Å². The quantitative estimate of drug-likeness (QED) is 0.122. The number of aromatic nitrogens is 5. The molecule has 0 atom stereocenters. The molecule has 11 rings (SSSR count). The van der Waals surface area contributed by atoms with Gasteiger partial charge in [-0.2, -0.15) is 0 Å². The molecular formula is C91H120N5+5. The van der Waals surface area contributed by atoms with Gasteiger partial charge in [0.1, 0.15) is 35.2 Å². The van der Waals surface area contributed by atoms with Crippen molar-refractivity contribution in [1.29, 1.82) is 0 Å². The lowest BCUT2D eigenvalue weighted by atomic mass is 9.83. The third-order valence-electron chi connectivity index (χ3n) is 20.5. The monoisotopic (exact) mass is 1280 g/mol. The Balaban J connectivity index is 0.000000170. The van der Waals surface area contributed by atoms with Crippen LogP contribution in [0.15, 0.2) is 152 Å². The van der Waals surface area contributed by atoms with Crippen LogP contribution in [0.5, 0.6) is 0 Å². The third kappa shape index (κ3) is 18.5. The van der Waals surface area contributed by atoms with Gasteiger partial charge in [-0.3, -0.25) is 0 Å². The van der Waals surface area contributed by atoms with Gasteiger partial charge in [-0.05, 0) is 263 Å². The molecule has 0 radical (unpaired) electrons. The largest absolute Gasteiger partial charge is 0.215 e. The van der Waals surface area contributed by atoms with Gasteiger partial charge in [-0.15, -0.1) is 0 Å². The molecule has 0 bridgehead atoms. The zero-order valence-corrected chi connectivity index (χ0v) is 64.4. The van der Waals surface area contributed by atoms with Crippen molar-refractivity contribution in [3.8, 4) is 56.3 Å². The van der Waals surface area contributed by atoms with Crippen molar-refractivity contribution in [3.63, 3.8) is 0 Å². The van der Waals surface area contributed by atoms with Crippen LogP contribution in [-0.2, 0) is 48.1 Å². The molecule has 0 spiro atoms.